The normalized spacial score (nSPS) is 12.1. The molecule has 0 aliphatic heterocycles. The zero-order valence-electron chi connectivity index (χ0n) is 16.3. The third kappa shape index (κ3) is 3.29. The molecule has 4 heteroatoms. The number of anilines is 1. The maximum absolute atomic E-state index is 11.0. The Bertz CT molecular complexity index is 1120. The Labute approximate surface area is 164 Å². The first kappa shape index (κ1) is 18.0. The number of aromatic nitrogens is 2. The zero-order chi connectivity index (χ0) is 19.7. The fourth-order valence-electron chi connectivity index (χ4n) is 3.83. The first-order valence-corrected chi connectivity index (χ1v) is 9.35. The molecule has 0 amide bonds. The van der Waals surface area contributed by atoms with Crippen molar-refractivity contribution >= 4 is 16.6 Å². The monoisotopic (exact) mass is 369 g/mol. The number of phenols is 1. The van der Waals surface area contributed by atoms with Gasteiger partial charge in [0, 0.05) is 35.2 Å². The van der Waals surface area contributed by atoms with Crippen molar-refractivity contribution in [1.82, 2.24) is 9.97 Å². The number of nitrogens with zero attached hydrogens (tertiary/aromatic N) is 2. The second-order valence-electron chi connectivity index (χ2n) is 7.21. The summed E-state index contributed by atoms with van der Waals surface area (Å²) >= 11 is 0. The second kappa shape index (κ2) is 7.31. The molecule has 28 heavy (non-hydrogen) atoms. The SMILES string of the molecule is Cc1cc(C)c(NC(c2ccncc2)c2ccc3cccnc3c2O)c(C)c1. The number of phenolic OH excluding ortho intramolecular Hbond substituents is 1. The summed E-state index contributed by atoms with van der Waals surface area (Å²) in [7, 11) is 0. The topological polar surface area (TPSA) is 58.0 Å². The Morgan fingerprint density at radius 3 is 2.32 bits per heavy atom. The van der Waals surface area contributed by atoms with E-state index >= 15 is 0 Å². The van der Waals surface area contributed by atoms with Gasteiger partial charge in [-0.2, -0.15) is 0 Å². The molecule has 0 saturated carbocycles. The number of fused-ring (bicyclic) bond motifs is 1. The van der Waals surface area contributed by atoms with Gasteiger partial charge in [-0.05, 0) is 55.7 Å². The largest absolute Gasteiger partial charge is 0.505 e. The molecule has 1 unspecified atom stereocenters. The summed E-state index contributed by atoms with van der Waals surface area (Å²) in [4.78, 5) is 8.53. The van der Waals surface area contributed by atoms with Crippen molar-refractivity contribution in [2.75, 3.05) is 5.32 Å². The minimum absolute atomic E-state index is 0.204. The van der Waals surface area contributed by atoms with Crippen LogP contribution in [0.5, 0.6) is 5.75 Å². The van der Waals surface area contributed by atoms with Crippen LogP contribution < -0.4 is 5.32 Å². The highest BCUT2D eigenvalue weighted by atomic mass is 16.3. The summed E-state index contributed by atoms with van der Waals surface area (Å²) in [5.41, 5.74) is 7.09. The minimum Gasteiger partial charge on any atom is -0.505 e. The Hall–Kier alpha value is -3.40. The predicted molar refractivity (Wildman–Crippen MR) is 114 cm³/mol. The number of benzene rings is 2. The van der Waals surface area contributed by atoms with Crippen LogP contribution >= 0.6 is 0 Å². The minimum atomic E-state index is -0.227. The van der Waals surface area contributed by atoms with Crippen LogP contribution in [-0.2, 0) is 0 Å². The molecule has 4 aromatic rings. The second-order valence-corrected chi connectivity index (χ2v) is 7.21. The fraction of sp³-hybridized carbons (Fsp3) is 0.167. The van der Waals surface area contributed by atoms with Crippen LogP contribution in [0, 0.1) is 20.8 Å². The fourth-order valence-corrected chi connectivity index (χ4v) is 3.83. The third-order valence-electron chi connectivity index (χ3n) is 5.10. The molecule has 2 aromatic carbocycles. The van der Waals surface area contributed by atoms with E-state index in [1.165, 1.54) is 16.7 Å². The molecule has 0 spiro atoms. The number of aromatic hydroxyl groups is 1. The van der Waals surface area contributed by atoms with E-state index in [2.05, 4.69) is 48.2 Å². The van der Waals surface area contributed by atoms with Gasteiger partial charge in [-0.25, -0.2) is 0 Å². The van der Waals surface area contributed by atoms with Gasteiger partial charge in [-0.15, -0.1) is 0 Å². The van der Waals surface area contributed by atoms with Crippen LogP contribution in [0.3, 0.4) is 0 Å². The summed E-state index contributed by atoms with van der Waals surface area (Å²) in [5.74, 6) is 0.204. The maximum atomic E-state index is 11.0. The van der Waals surface area contributed by atoms with Gasteiger partial charge < -0.3 is 10.4 Å². The lowest BCUT2D eigenvalue weighted by Gasteiger charge is -2.25. The lowest BCUT2D eigenvalue weighted by Crippen LogP contribution is -2.14. The van der Waals surface area contributed by atoms with E-state index in [0.717, 1.165) is 22.2 Å². The van der Waals surface area contributed by atoms with Gasteiger partial charge in [-0.3, -0.25) is 9.97 Å². The van der Waals surface area contributed by atoms with Gasteiger partial charge in [0.2, 0.25) is 0 Å². The molecule has 0 aliphatic rings. The average molecular weight is 369 g/mol. The molecular formula is C24H23N3O. The van der Waals surface area contributed by atoms with E-state index in [4.69, 9.17) is 0 Å². The zero-order valence-corrected chi connectivity index (χ0v) is 16.3. The third-order valence-corrected chi connectivity index (χ3v) is 5.10. The smallest absolute Gasteiger partial charge is 0.147 e. The highest BCUT2D eigenvalue weighted by Gasteiger charge is 2.21. The van der Waals surface area contributed by atoms with Crippen molar-refractivity contribution < 1.29 is 5.11 Å². The molecule has 2 N–H and O–H groups in total. The number of nitrogens with one attached hydrogen (secondary N) is 1. The van der Waals surface area contributed by atoms with Crippen molar-refractivity contribution in [2.24, 2.45) is 0 Å². The van der Waals surface area contributed by atoms with E-state index in [1.54, 1.807) is 18.6 Å². The van der Waals surface area contributed by atoms with Crippen molar-refractivity contribution in [3.63, 3.8) is 0 Å². The van der Waals surface area contributed by atoms with E-state index in [0.29, 0.717) is 5.52 Å². The lowest BCUT2D eigenvalue weighted by molar-refractivity contribution is 0.471. The molecule has 0 fully saturated rings. The molecule has 2 heterocycles. The molecule has 2 aromatic heterocycles. The van der Waals surface area contributed by atoms with Gasteiger partial charge in [0.25, 0.3) is 0 Å². The van der Waals surface area contributed by atoms with Crippen LogP contribution in [0.1, 0.15) is 33.9 Å². The van der Waals surface area contributed by atoms with E-state index in [9.17, 15) is 5.11 Å². The van der Waals surface area contributed by atoms with E-state index < -0.39 is 0 Å². The van der Waals surface area contributed by atoms with Gasteiger partial charge in [0.1, 0.15) is 11.3 Å². The Morgan fingerprint density at radius 2 is 1.61 bits per heavy atom. The van der Waals surface area contributed by atoms with Crippen molar-refractivity contribution in [1.29, 1.82) is 0 Å². The summed E-state index contributed by atoms with van der Waals surface area (Å²) < 4.78 is 0. The molecule has 0 aliphatic carbocycles. The van der Waals surface area contributed by atoms with Crippen LogP contribution in [0.25, 0.3) is 10.9 Å². The quantitative estimate of drug-likeness (QED) is 0.501. The molecule has 4 nitrogen and oxygen atoms in total. The van der Waals surface area contributed by atoms with Crippen LogP contribution in [-0.4, -0.2) is 15.1 Å². The van der Waals surface area contributed by atoms with Crippen molar-refractivity contribution in [2.45, 2.75) is 26.8 Å². The molecule has 4 rings (SSSR count). The van der Waals surface area contributed by atoms with E-state index in [-0.39, 0.29) is 11.8 Å². The van der Waals surface area contributed by atoms with Crippen LogP contribution in [0.4, 0.5) is 5.69 Å². The first-order chi connectivity index (χ1) is 13.5. The molecule has 0 bridgehead atoms. The van der Waals surface area contributed by atoms with Crippen molar-refractivity contribution in [3.05, 3.63) is 94.9 Å². The van der Waals surface area contributed by atoms with Gasteiger partial charge >= 0.3 is 0 Å². The van der Waals surface area contributed by atoms with E-state index in [1.807, 2.05) is 36.4 Å². The molecular weight excluding hydrogens is 346 g/mol. The maximum Gasteiger partial charge on any atom is 0.147 e. The Balaban J connectivity index is 1.88. The predicted octanol–water partition coefficient (Wildman–Crippen LogP) is 5.46. The highest BCUT2D eigenvalue weighted by Crippen LogP contribution is 2.37. The summed E-state index contributed by atoms with van der Waals surface area (Å²) in [6.45, 7) is 6.31. The van der Waals surface area contributed by atoms with Gasteiger partial charge in [0.05, 0.1) is 6.04 Å². The van der Waals surface area contributed by atoms with Crippen LogP contribution in [0.2, 0.25) is 0 Å². The number of rotatable bonds is 4. The highest BCUT2D eigenvalue weighted by molar-refractivity contribution is 5.86. The van der Waals surface area contributed by atoms with Crippen molar-refractivity contribution in [3.8, 4) is 5.75 Å². The summed E-state index contributed by atoms with van der Waals surface area (Å²) in [6, 6.07) is 15.8. The number of hydrogen-bond acceptors (Lipinski definition) is 4. The molecule has 0 radical (unpaired) electrons. The Morgan fingerprint density at radius 1 is 0.893 bits per heavy atom. The molecule has 0 saturated heterocycles. The molecule has 140 valence electrons. The number of hydrogen-bond donors (Lipinski definition) is 2. The summed E-state index contributed by atoms with van der Waals surface area (Å²) in [5, 5.41) is 15.6. The van der Waals surface area contributed by atoms with Gasteiger partial charge in [0.15, 0.2) is 0 Å². The number of pyridine rings is 2. The first-order valence-electron chi connectivity index (χ1n) is 9.35. The van der Waals surface area contributed by atoms with Gasteiger partial charge in [-0.1, -0.05) is 35.9 Å². The summed E-state index contributed by atoms with van der Waals surface area (Å²) in [6.07, 6.45) is 5.25. The Kier molecular flexibility index (Phi) is 4.70. The molecule has 1 atom stereocenters. The number of aryl methyl sites for hydroxylation is 3. The average Bonchev–Trinajstić information content (AvgIpc) is 2.69. The lowest BCUT2D eigenvalue weighted by atomic mass is 9.95. The standard InChI is InChI=1S/C24H23N3O/c1-15-13-16(2)21(17(3)14-15)27-22(19-8-11-25-12-9-19)20-7-6-18-5-4-10-26-23(18)24(20)28/h4-14,22,27-28H,1-3H3. The van der Waals surface area contributed by atoms with Crippen LogP contribution in [0.15, 0.2) is 67.1 Å².